The molecular formula is C40H61N15O15. The predicted molar refractivity (Wildman–Crippen MR) is 245 cm³/mol. The number of rotatable bonds is 30. The lowest BCUT2D eigenvalue weighted by atomic mass is 9.98. The van der Waals surface area contributed by atoms with Crippen LogP contribution in [0.5, 0.6) is 0 Å². The SMILES string of the molecule is CCC(C)C(NC(=O)CNC(=O)C(CCC(N)=O)NC(=O)C1CCCN1c1ccc([N+](=O)[O-])cc1[N+](=O)[O-])C(=O)NC(C)C(=O)NCC(=O)NC(CCC(N)=O)C(=O)NC(CCCN=C(N)N)C(=O)O. The van der Waals surface area contributed by atoms with Crippen molar-refractivity contribution in [3.05, 3.63) is 38.4 Å². The Labute approximate surface area is 399 Å². The van der Waals surface area contributed by atoms with Crippen molar-refractivity contribution in [3.63, 3.8) is 0 Å². The van der Waals surface area contributed by atoms with Crippen molar-refractivity contribution in [2.45, 2.75) is 115 Å². The van der Waals surface area contributed by atoms with Crippen molar-refractivity contribution in [3.8, 4) is 0 Å². The maximum atomic E-state index is 13.6. The van der Waals surface area contributed by atoms with E-state index < -0.39 is 136 Å². The van der Waals surface area contributed by atoms with E-state index in [1.165, 1.54) is 11.8 Å². The summed E-state index contributed by atoms with van der Waals surface area (Å²) < 4.78 is 0. The number of nitrogens with one attached hydrogen (secondary N) is 7. The van der Waals surface area contributed by atoms with Gasteiger partial charge in [-0.15, -0.1) is 0 Å². The van der Waals surface area contributed by atoms with Crippen LogP contribution in [0.1, 0.15) is 78.6 Å². The fraction of sp³-hybridized carbons (Fsp3) is 0.575. The summed E-state index contributed by atoms with van der Waals surface area (Å²) in [6, 6.07) is -5.03. The number of nitro groups is 2. The number of carbonyl (C=O) groups excluding carboxylic acids is 9. The highest BCUT2D eigenvalue weighted by atomic mass is 16.6. The van der Waals surface area contributed by atoms with Crippen LogP contribution >= 0.6 is 0 Å². The molecule has 0 aliphatic carbocycles. The molecule has 30 heteroatoms. The number of hydrogen-bond acceptors (Lipinski definition) is 16. The fourth-order valence-electron chi connectivity index (χ4n) is 6.91. The quantitative estimate of drug-likeness (QED) is 0.0114. The number of guanidine groups is 1. The molecule has 0 saturated carbocycles. The largest absolute Gasteiger partial charge is 0.480 e. The van der Waals surface area contributed by atoms with Gasteiger partial charge in [-0.2, -0.15) is 0 Å². The molecule has 0 aromatic heterocycles. The van der Waals surface area contributed by atoms with E-state index in [4.69, 9.17) is 22.9 Å². The zero-order valence-corrected chi connectivity index (χ0v) is 38.7. The number of amides is 9. The number of carbonyl (C=O) groups is 10. The molecule has 1 aromatic rings. The van der Waals surface area contributed by atoms with Gasteiger partial charge in [0.2, 0.25) is 53.2 Å². The maximum Gasteiger partial charge on any atom is 0.326 e. The minimum atomic E-state index is -1.45. The van der Waals surface area contributed by atoms with Crippen molar-refractivity contribution >= 4 is 82.2 Å². The van der Waals surface area contributed by atoms with Crippen LogP contribution in [0.15, 0.2) is 23.2 Å². The van der Waals surface area contributed by atoms with Crippen LogP contribution in [0.4, 0.5) is 17.1 Å². The fourth-order valence-corrected chi connectivity index (χ4v) is 6.91. The third-order valence-electron chi connectivity index (χ3n) is 10.8. The molecular weight excluding hydrogens is 931 g/mol. The van der Waals surface area contributed by atoms with Crippen molar-refractivity contribution in [1.29, 1.82) is 0 Å². The summed E-state index contributed by atoms with van der Waals surface area (Å²) in [5, 5.41) is 49.2. The number of nitro benzene ring substituents is 2. The zero-order chi connectivity index (χ0) is 52.8. The Morgan fingerprint density at radius 1 is 0.757 bits per heavy atom. The first-order valence-corrected chi connectivity index (χ1v) is 22.0. The molecule has 1 heterocycles. The van der Waals surface area contributed by atoms with Gasteiger partial charge in [0, 0.05) is 32.0 Å². The first-order chi connectivity index (χ1) is 32.9. The Kier molecular flexibility index (Phi) is 23.3. The summed E-state index contributed by atoms with van der Waals surface area (Å²) >= 11 is 0. The molecule has 2 rings (SSSR count). The van der Waals surface area contributed by atoms with E-state index in [0.29, 0.717) is 12.8 Å². The molecule has 0 bridgehead atoms. The molecule has 70 heavy (non-hydrogen) atoms. The number of nitrogens with two attached hydrogens (primary N) is 4. The molecule has 9 amide bonds. The van der Waals surface area contributed by atoms with Crippen LogP contribution in [0.2, 0.25) is 0 Å². The molecule has 1 aliphatic heterocycles. The maximum absolute atomic E-state index is 13.6. The highest BCUT2D eigenvalue weighted by Crippen LogP contribution is 2.36. The first-order valence-electron chi connectivity index (χ1n) is 22.0. The normalized spacial score (nSPS) is 15.5. The number of nitrogens with zero attached hydrogens (tertiary/aromatic N) is 4. The number of aliphatic imine (C=N–C) groups is 1. The monoisotopic (exact) mass is 991 g/mol. The average Bonchev–Trinajstić information content (AvgIpc) is 3.79. The Balaban J connectivity index is 2.06. The molecule has 0 spiro atoms. The second kappa shape index (κ2) is 28.2. The lowest BCUT2D eigenvalue weighted by molar-refractivity contribution is -0.393. The van der Waals surface area contributed by atoms with Crippen molar-refractivity contribution in [2.24, 2.45) is 33.8 Å². The standard InChI is InChI=1S/C40H61N15O15/c1-4-20(2)33(38(64)48-21(3)34(60)46-18-31(58)49-24(11-14-30(42)57)36(62)51-25(39(65)66)7-5-15-45-40(43)44)52-32(59)19-47-35(61)23(10-13-29(41)56)50-37(63)27-8-6-16-53(27)26-12-9-22(54(67)68)17-28(26)55(69)70/h9,12,17,20-21,23-25,27,33H,4-8,10-11,13-16,18-19H2,1-3H3,(H2,41,56)(H2,42,57)(H,46,60)(H,47,61)(H,48,64)(H,49,58)(H,50,63)(H,51,62)(H,52,59)(H,65,66)(H4,43,44,45). The van der Waals surface area contributed by atoms with Crippen LogP contribution in [0, 0.1) is 26.1 Å². The Bertz CT molecular complexity index is 2170. The third kappa shape index (κ3) is 19.2. The molecule has 30 nitrogen and oxygen atoms in total. The predicted octanol–water partition coefficient (Wildman–Crippen LogP) is -4.14. The highest BCUT2D eigenvalue weighted by Gasteiger charge is 2.37. The lowest BCUT2D eigenvalue weighted by Crippen LogP contribution is -2.57. The van der Waals surface area contributed by atoms with Crippen molar-refractivity contribution in [2.75, 3.05) is 31.1 Å². The van der Waals surface area contributed by atoms with Gasteiger partial charge in [0.25, 0.3) is 11.4 Å². The van der Waals surface area contributed by atoms with Gasteiger partial charge in [0.05, 0.1) is 29.0 Å². The molecule has 1 aliphatic rings. The second-order valence-electron chi connectivity index (χ2n) is 16.2. The van der Waals surface area contributed by atoms with E-state index in [9.17, 15) is 73.3 Å². The summed E-state index contributed by atoms with van der Waals surface area (Å²) in [5.41, 5.74) is 19.8. The lowest BCUT2D eigenvalue weighted by Gasteiger charge is -2.27. The van der Waals surface area contributed by atoms with Gasteiger partial charge >= 0.3 is 5.97 Å². The summed E-state index contributed by atoms with van der Waals surface area (Å²) in [7, 11) is 0. The van der Waals surface area contributed by atoms with E-state index in [1.54, 1.807) is 13.8 Å². The topological polar surface area (TPSA) is 481 Å². The highest BCUT2D eigenvalue weighted by molar-refractivity contribution is 5.97. The molecule has 7 unspecified atom stereocenters. The van der Waals surface area contributed by atoms with Crippen molar-refractivity contribution < 1.29 is 62.9 Å². The van der Waals surface area contributed by atoms with E-state index in [-0.39, 0.29) is 69.7 Å². The van der Waals surface area contributed by atoms with Gasteiger partial charge in [-0.25, -0.2) is 4.79 Å². The van der Waals surface area contributed by atoms with E-state index in [1.807, 2.05) is 0 Å². The number of carboxylic acid groups (broad SMARTS) is 1. The van der Waals surface area contributed by atoms with Crippen LogP contribution in [0.3, 0.4) is 0 Å². The van der Waals surface area contributed by atoms with Gasteiger partial charge in [-0.05, 0) is 57.4 Å². The van der Waals surface area contributed by atoms with Gasteiger partial charge in [0.1, 0.15) is 41.9 Å². The van der Waals surface area contributed by atoms with Gasteiger partial charge in [-0.1, -0.05) is 20.3 Å². The first kappa shape index (κ1) is 57.9. The van der Waals surface area contributed by atoms with Gasteiger partial charge in [-0.3, -0.25) is 68.4 Å². The average molecular weight is 992 g/mol. The number of primary amides is 2. The summed E-state index contributed by atoms with van der Waals surface area (Å²) in [6.07, 6.45) is -0.442. The number of non-ortho nitro benzene ring substituents is 1. The summed E-state index contributed by atoms with van der Waals surface area (Å²) in [5.74, 6) is -10.0. The number of anilines is 1. The minimum absolute atomic E-state index is 0.0703. The Hall–Kier alpha value is -8.21. The third-order valence-corrected chi connectivity index (χ3v) is 10.8. The molecule has 0 radical (unpaired) electrons. The van der Waals surface area contributed by atoms with Crippen molar-refractivity contribution in [1.82, 2.24) is 37.2 Å². The van der Waals surface area contributed by atoms with Gasteiger partial charge in [0.15, 0.2) is 5.96 Å². The van der Waals surface area contributed by atoms with Crippen LogP contribution < -0.4 is 65.1 Å². The molecule has 386 valence electrons. The van der Waals surface area contributed by atoms with Crippen LogP contribution in [-0.4, -0.2) is 142 Å². The number of hydrogen-bond donors (Lipinski definition) is 12. The van der Waals surface area contributed by atoms with Gasteiger partial charge < -0.3 is 70.2 Å². The molecule has 7 atom stereocenters. The Morgan fingerprint density at radius 3 is 1.89 bits per heavy atom. The number of aliphatic carboxylic acids is 1. The van der Waals surface area contributed by atoms with E-state index in [2.05, 4.69) is 42.2 Å². The molecule has 16 N–H and O–H groups in total. The second-order valence-corrected chi connectivity index (χ2v) is 16.2. The Morgan fingerprint density at radius 2 is 1.34 bits per heavy atom. The molecule has 1 aromatic carbocycles. The minimum Gasteiger partial charge on any atom is -0.480 e. The molecule has 1 fully saturated rings. The summed E-state index contributed by atoms with van der Waals surface area (Å²) in [4.78, 5) is 154. The summed E-state index contributed by atoms with van der Waals surface area (Å²) in [6.45, 7) is 3.32. The zero-order valence-electron chi connectivity index (χ0n) is 38.7. The number of carboxylic acids is 1. The smallest absolute Gasteiger partial charge is 0.326 e. The van der Waals surface area contributed by atoms with Crippen LogP contribution in [-0.2, 0) is 47.9 Å². The van der Waals surface area contributed by atoms with E-state index >= 15 is 0 Å². The van der Waals surface area contributed by atoms with Crippen LogP contribution in [0.25, 0.3) is 0 Å². The molecule has 1 saturated heterocycles. The number of benzene rings is 1. The van der Waals surface area contributed by atoms with E-state index in [0.717, 1.165) is 18.2 Å².